The predicted octanol–water partition coefficient (Wildman–Crippen LogP) is 5.29. The van der Waals surface area contributed by atoms with Crippen LogP contribution in [0.3, 0.4) is 0 Å². The molecule has 1 N–H and O–H groups in total. The number of benzene rings is 2. The predicted molar refractivity (Wildman–Crippen MR) is 120 cm³/mol. The van der Waals surface area contributed by atoms with Gasteiger partial charge in [0, 0.05) is 29.6 Å². The number of nitro benzene ring substituents is 1. The maximum atomic E-state index is 13.0. The highest BCUT2D eigenvalue weighted by molar-refractivity contribution is 6.33. The van der Waals surface area contributed by atoms with Crippen LogP contribution in [0.15, 0.2) is 36.4 Å². The van der Waals surface area contributed by atoms with E-state index in [-0.39, 0.29) is 28.3 Å². The Balaban J connectivity index is 1.44. The van der Waals surface area contributed by atoms with E-state index in [1.807, 2.05) is 24.3 Å². The highest BCUT2D eigenvalue weighted by Crippen LogP contribution is 2.41. The highest BCUT2D eigenvalue weighted by atomic mass is 35.5. The zero-order chi connectivity index (χ0) is 22.1. The summed E-state index contributed by atoms with van der Waals surface area (Å²) < 4.78 is 5.23. The average Bonchev–Trinajstić information content (AvgIpc) is 2.96. The number of rotatable bonds is 6. The van der Waals surface area contributed by atoms with Crippen molar-refractivity contribution in [1.29, 1.82) is 0 Å². The summed E-state index contributed by atoms with van der Waals surface area (Å²) in [6, 6.07) is 11.2. The number of ether oxygens (including phenoxy) is 1. The number of anilines is 1. The minimum Gasteiger partial charge on any atom is -0.494 e. The van der Waals surface area contributed by atoms with E-state index in [0.29, 0.717) is 17.8 Å². The summed E-state index contributed by atoms with van der Waals surface area (Å²) in [5, 5.41) is 14.7. The van der Waals surface area contributed by atoms with Gasteiger partial charge in [0.2, 0.25) is 5.91 Å². The van der Waals surface area contributed by atoms with E-state index in [2.05, 4.69) is 10.2 Å². The number of nitrogens with one attached hydrogen (secondary N) is 1. The average molecular weight is 464 g/mol. The molecule has 2 heterocycles. The Bertz CT molecular complexity index is 985. The van der Waals surface area contributed by atoms with Crippen molar-refractivity contribution in [2.24, 2.45) is 5.92 Å². The molecular formula is C22H23Cl2N3O4. The Kier molecular flexibility index (Phi) is 6.36. The topological polar surface area (TPSA) is 84.7 Å². The van der Waals surface area contributed by atoms with Crippen molar-refractivity contribution in [2.45, 2.75) is 44.3 Å². The van der Waals surface area contributed by atoms with Crippen LogP contribution in [0.2, 0.25) is 10.0 Å². The van der Waals surface area contributed by atoms with Gasteiger partial charge in [-0.25, -0.2) is 0 Å². The van der Waals surface area contributed by atoms with E-state index in [1.54, 1.807) is 0 Å². The van der Waals surface area contributed by atoms with Crippen LogP contribution < -0.4 is 10.1 Å². The first kappa shape index (κ1) is 21.9. The number of nitro groups is 1. The van der Waals surface area contributed by atoms with E-state index in [0.717, 1.165) is 37.3 Å². The van der Waals surface area contributed by atoms with Crippen molar-refractivity contribution in [1.82, 2.24) is 4.90 Å². The van der Waals surface area contributed by atoms with Gasteiger partial charge >= 0.3 is 0 Å². The highest BCUT2D eigenvalue weighted by Gasteiger charge is 2.42. The number of hydrogen-bond acceptors (Lipinski definition) is 5. The molecule has 2 saturated heterocycles. The number of carbonyl (C=O) groups excluding carboxylic acids is 1. The summed E-state index contributed by atoms with van der Waals surface area (Å²) in [5.41, 5.74) is 1.30. The van der Waals surface area contributed by atoms with E-state index < -0.39 is 4.92 Å². The summed E-state index contributed by atoms with van der Waals surface area (Å²) in [6.45, 7) is 0.854. The van der Waals surface area contributed by atoms with Crippen molar-refractivity contribution >= 4 is 40.5 Å². The van der Waals surface area contributed by atoms with Gasteiger partial charge in [0.1, 0.15) is 10.8 Å². The summed E-state index contributed by atoms with van der Waals surface area (Å²) in [5.74, 6) is -0.0171. The standard InChI is InChI=1S/C22H23Cl2N3O4/c1-31-21-11-20(27(29)30)18(24)10-19(21)25-22(28)14-8-16-6-7-17(9-14)26(16)12-13-2-4-15(23)5-3-13/h2-5,10-11,14,16-17H,6-9,12H2,1H3,(H,25,28). The second-order valence-corrected chi connectivity index (χ2v) is 8.95. The van der Waals surface area contributed by atoms with Crippen molar-refractivity contribution in [3.05, 3.63) is 62.1 Å². The molecule has 2 unspecified atom stereocenters. The molecular weight excluding hydrogens is 441 g/mol. The maximum Gasteiger partial charge on any atom is 0.291 e. The lowest BCUT2D eigenvalue weighted by atomic mass is 9.89. The molecule has 0 spiro atoms. The smallest absolute Gasteiger partial charge is 0.291 e. The fourth-order valence-corrected chi connectivity index (χ4v) is 5.09. The number of nitrogens with zero attached hydrogens (tertiary/aromatic N) is 2. The number of carbonyl (C=O) groups is 1. The van der Waals surface area contributed by atoms with E-state index in [1.165, 1.54) is 24.8 Å². The van der Waals surface area contributed by atoms with Crippen LogP contribution in [0.1, 0.15) is 31.2 Å². The molecule has 7 nitrogen and oxygen atoms in total. The molecule has 2 bridgehead atoms. The van der Waals surface area contributed by atoms with Crippen LogP contribution in [0, 0.1) is 16.0 Å². The zero-order valence-electron chi connectivity index (χ0n) is 17.0. The molecule has 2 fully saturated rings. The van der Waals surface area contributed by atoms with Gasteiger partial charge in [0.05, 0.1) is 23.8 Å². The van der Waals surface area contributed by atoms with E-state index in [4.69, 9.17) is 27.9 Å². The third-order valence-corrected chi connectivity index (χ3v) is 6.81. The summed E-state index contributed by atoms with van der Waals surface area (Å²) >= 11 is 12.0. The third-order valence-electron chi connectivity index (χ3n) is 6.26. The monoisotopic (exact) mass is 463 g/mol. The van der Waals surface area contributed by atoms with E-state index >= 15 is 0 Å². The van der Waals surface area contributed by atoms with Crippen LogP contribution in [0.4, 0.5) is 11.4 Å². The van der Waals surface area contributed by atoms with Crippen molar-refractivity contribution < 1.29 is 14.5 Å². The lowest BCUT2D eigenvalue weighted by Crippen LogP contribution is -2.45. The minimum absolute atomic E-state index is 0.0426. The Hall–Kier alpha value is -2.35. The Labute approximate surface area is 190 Å². The van der Waals surface area contributed by atoms with Crippen molar-refractivity contribution in [3.63, 3.8) is 0 Å². The number of methoxy groups -OCH3 is 1. The summed E-state index contributed by atoms with van der Waals surface area (Å²) in [7, 11) is 1.40. The van der Waals surface area contributed by atoms with Gasteiger partial charge < -0.3 is 10.1 Å². The fourth-order valence-electron chi connectivity index (χ4n) is 4.73. The van der Waals surface area contributed by atoms with Gasteiger partial charge in [-0.1, -0.05) is 35.3 Å². The molecule has 2 atom stereocenters. The third kappa shape index (κ3) is 4.63. The quantitative estimate of drug-likeness (QED) is 0.464. The molecule has 0 aliphatic carbocycles. The molecule has 2 aromatic carbocycles. The molecule has 0 aromatic heterocycles. The fraction of sp³-hybridized carbons (Fsp3) is 0.409. The van der Waals surface area contributed by atoms with Gasteiger partial charge in [-0.2, -0.15) is 0 Å². The first-order valence-electron chi connectivity index (χ1n) is 10.2. The van der Waals surface area contributed by atoms with Crippen LogP contribution in [0.5, 0.6) is 5.75 Å². The lowest BCUT2D eigenvalue weighted by molar-refractivity contribution is -0.384. The first-order chi connectivity index (χ1) is 14.9. The van der Waals surface area contributed by atoms with Crippen LogP contribution in [0.25, 0.3) is 0 Å². The second-order valence-electron chi connectivity index (χ2n) is 8.10. The molecule has 2 aromatic rings. The van der Waals surface area contributed by atoms with Crippen LogP contribution >= 0.6 is 23.2 Å². The van der Waals surface area contributed by atoms with E-state index in [9.17, 15) is 14.9 Å². The Morgan fingerprint density at radius 1 is 1.19 bits per heavy atom. The van der Waals surface area contributed by atoms with Crippen molar-refractivity contribution in [3.8, 4) is 5.75 Å². The number of halogens is 2. The number of fused-ring (bicyclic) bond motifs is 2. The molecule has 31 heavy (non-hydrogen) atoms. The van der Waals surface area contributed by atoms with Gasteiger partial charge in [-0.05, 0) is 49.4 Å². The van der Waals surface area contributed by atoms with Gasteiger partial charge in [-0.3, -0.25) is 19.8 Å². The SMILES string of the molecule is COc1cc([N+](=O)[O-])c(Cl)cc1NC(=O)C1CC2CCC(C1)N2Cc1ccc(Cl)cc1. The Morgan fingerprint density at radius 3 is 2.42 bits per heavy atom. The van der Waals surface area contributed by atoms with Gasteiger partial charge in [0.25, 0.3) is 5.69 Å². The molecule has 0 saturated carbocycles. The summed E-state index contributed by atoms with van der Waals surface area (Å²) in [6.07, 6.45) is 3.71. The molecule has 164 valence electrons. The largest absolute Gasteiger partial charge is 0.494 e. The Morgan fingerprint density at radius 2 is 1.84 bits per heavy atom. The molecule has 4 rings (SSSR count). The van der Waals surface area contributed by atoms with Crippen LogP contribution in [-0.4, -0.2) is 34.9 Å². The molecule has 9 heteroatoms. The van der Waals surface area contributed by atoms with Crippen LogP contribution in [-0.2, 0) is 11.3 Å². The zero-order valence-corrected chi connectivity index (χ0v) is 18.5. The minimum atomic E-state index is -0.579. The molecule has 0 radical (unpaired) electrons. The first-order valence-corrected chi connectivity index (χ1v) is 10.9. The van der Waals surface area contributed by atoms with Gasteiger partial charge in [-0.15, -0.1) is 0 Å². The normalized spacial score (nSPS) is 22.9. The number of piperidine rings is 1. The number of amides is 1. The number of hydrogen-bond donors (Lipinski definition) is 1. The second kappa shape index (κ2) is 9.02. The molecule has 2 aliphatic heterocycles. The maximum absolute atomic E-state index is 13.0. The van der Waals surface area contributed by atoms with Crippen molar-refractivity contribution in [2.75, 3.05) is 12.4 Å². The lowest BCUT2D eigenvalue weighted by Gasteiger charge is -2.38. The molecule has 2 aliphatic rings. The molecule has 1 amide bonds. The van der Waals surface area contributed by atoms with Gasteiger partial charge in [0.15, 0.2) is 0 Å². The summed E-state index contributed by atoms with van der Waals surface area (Å²) in [4.78, 5) is 26.0.